The molecule has 0 saturated carbocycles. The average Bonchev–Trinajstić information content (AvgIpc) is 3.27. The minimum absolute atomic E-state index is 0.178. The van der Waals surface area contributed by atoms with Gasteiger partial charge < -0.3 is 14.4 Å². The summed E-state index contributed by atoms with van der Waals surface area (Å²) in [6, 6.07) is 13.0. The molecule has 0 radical (unpaired) electrons. The lowest BCUT2D eigenvalue weighted by molar-refractivity contribution is 0.374. The summed E-state index contributed by atoms with van der Waals surface area (Å²) >= 11 is 4.94. The molecule has 1 aromatic heterocycles. The molecule has 0 aliphatic carbocycles. The fraction of sp³-hybridized carbons (Fsp3) is 0.318. The van der Waals surface area contributed by atoms with Crippen molar-refractivity contribution in [3.8, 4) is 11.5 Å². The average molecular weight is 538 g/mol. The van der Waals surface area contributed by atoms with Crippen LogP contribution in [0.1, 0.15) is 11.3 Å². The smallest absolute Gasteiger partial charge is 0.246 e. The molecule has 1 aliphatic heterocycles. The van der Waals surface area contributed by atoms with Gasteiger partial charge in [0, 0.05) is 42.5 Å². The van der Waals surface area contributed by atoms with E-state index in [1.165, 1.54) is 11.4 Å². The number of piperazine rings is 1. The van der Waals surface area contributed by atoms with Gasteiger partial charge in [-0.15, -0.1) is 11.3 Å². The molecule has 0 amide bonds. The maximum atomic E-state index is 13.2. The van der Waals surface area contributed by atoms with Crippen molar-refractivity contribution >= 4 is 42.4 Å². The second kappa shape index (κ2) is 9.78. The van der Waals surface area contributed by atoms with Crippen molar-refractivity contribution < 1.29 is 17.9 Å². The fourth-order valence-corrected chi connectivity index (χ4v) is 6.62. The normalized spacial score (nSPS) is 15.0. The van der Waals surface area contributed by atoms with Crippen LogP contribution in [-0.4, -0.2) is 58.1 Å². The summed E-state index contributed by atoms with van der Waals surface area (Å²) in [5.74, 6) is 1.18. The van der Waals surface area contributed by atoms with E-state index in [9.17, 15) is 8.42 Å². The molecule has 1 aliphatic rings. The summed E-state index contributed by atoms with van der Waals surface area (Å²) in [5, 5.41) is 2.98. The summed E-state index contributed by atoms with van der Waals surface area (Å²) < 4.78 is 39.2. The van der Waals surface area contributed by atoms with E-state index in [4.69, 9.17) is 14.5 Å². The Balaban J connectivity index is 1.42. The number of hydrogen-bond donors (Lipinski definition) is 0. The molecule has 2 aromatic carbocycles. The lowest BCUT2D eigenvalue weighted by Gasteiger charge is -2.34. The molecule has 0 spiro atoms. The van der Waals surface area contributed by atoms with Gasteiger partial charge in [0.1, 0.15) is 16.4 Å². The Morgan fingerprint density at radius 2 is 1.84 bits per heavy atom. The summed E-state index contributed by atoms with van der Waals surface area (Å²) in [6.45, 7) is 1.95. The van der Waals surface area contributed by atoms with E-state index in [2.05, 4.69) is 32.3 Å². The molecule has 7 nitrogen and oxygen atoms in total. The number of anilines is 1. The molecule has 32 heavy (non-hydrogen) atoms. The number of benzene rings is 2. The second-order valence-corrected chi connectivity index (χ2v) is 11.0. The van der Waals surface area contributed by atoms with Gasteiger partial charge in [-0.1, -0.05) is 28.1 Å². The molecule has 3 aromatic rings. The van der Waals surface area contributed by atoms with E-state index < -0.39 is 10.0 Å². The summed E-state index contributed by atoms with van der Waals surface area (Å²) in [4.78, 5) is 7.10. The Morgan fingerprint density at radius 3 is 2.56 bits per heavy atom. The standard InChI is InChI=1S/C22H24BrN3O4S2/c1-29-19-5-3-4-16(13-19)12-18-15-31-22(24-18)25-8-10-26(11-9-25)32(27,28)21-14-17(23)6-7-20(21)30-2/h3-7,13-15H,8-12H2,1-2H3. The first kappa shape index (κ1) is 23.0. The van der Waals surface area contributed by atoms with Crippen LogP contribution in [0.4, 0.5) is 5.13 Å². The molecule has 0 N–H and O–H groups in total. The van der Waals surface area contributed by atoms with Crippen LogP contribution in [0.25, 0.3) is 0 Å². The lowest BCUT2D eigenvalue weighted by Crippen LogP contribution is -2.48. The summed E-state index contributed by atoms with van der Waals surface area (Å²) in [7, 11) is -0.515. The Labute approximate surface area is 200 Å². The van der Waals surface area contributed by atoms with Crippen LogP contribution < -0.4 is 14.4 Å². The Morgan fingerprint density at radius 1 is 1.06 bits per heavy atom. The van der Waals surface area contributed by atoms with Crippen LogP contribution in [0.15, 0.2) is 57.2 Å². The third-order valence-electron chi connectivity index (χ3n) is 5.31. The molecule has 1 fully saturated rings. The third-order valence-corrected chi connectivity index (χ3v) is 8.67. The van der Waals surface area contributed by atoms with E-state index >= 15 is 0 Å². The van der Waals surface area contributed by atoms with Gasteiger partial charge in [0.15, 0.2) is 5.13 Å². The van der Waals surface area contributed by atoms with Crippen LogP contribution in [0.3, 0.4) is 0 Å². The van der Waals surface area contributed by atoms with E-state index in [1.807, 2.05) is 18.2 Å². The molecule has 1 saturated heterocycles. The van der Waals surface area contributed by atoms with Crippen LogP contribution in [0.5, 0.6) is 11.5 Å². The molecule has 2 heterocycles. The van der Waals surface area contributed by atoms with Crippen LogP contribution in [-0.2, 0) is 16.4 Å². The zero-order valence-electron chi connectivity index (χ0n) is 17.8. The first-order chi connectivity index (χ1) is 15.4. The quantitative estimate of drug-likeness (QED) is 0.453. The van der Waals surface area contributed by atoms with E-state index in [0.717, 1.165) is 28.6 Å². The molecule has 0 bridgehead atoms. The number of thiazole rings is 1. The molecular formula is C22H24BrN3O4S2. The molecule has 170 valence electrons. The van der Waals surface area contributed by atoms with Gasteiger partial charge in [0.25, 0.3) is 0 Å². The SMILES string of the molecule is COc1cccc(Cc2csc(N3CCN(S(=O)(=O)c4cc(Br)ccc4OC)CC3)n2)c1. The Bertz CT molecular complexity index is 1190. The van der Waals surface area contributed by atoms with Crippen molar-refractivity contribution in [3.63, 3.8) is 0 Å². The predicted molar refractivity (Wildman–Crippen MR) is 130 cm³/mol. The number of rotatable bonds is 7. The second-order valence-electron chi connectivity index (χ2n) is 7.34. The Hall–Kier alpha value is -2.14. The van der Waals surface area contributed by atoms with Crippen LogP contribution in [0, 0.1) is 0 Å². The van der Waals surface area contributed by atoms with Gasteiger partial charge in [-0.05, 0) is 35.9 Å². The maximum absolute atomic E-state index is 13.2. The van der Waals surface area contributed by atoms with Crippen molar-refractivity contribution in [2.75, 3.05) is 45.3 Å². The lowest BCUT2D eigenvalue weighted by atomic mass is 10.1. The van der Waals surface area contributed by atoms with Crippen molar-refractivity contribution in [2.24, 2.45) is 0 Å². The number of nitrogens with zero attached hydrogens (tertiary/aromatic N) is 3. The topological polar surface area (TPSA) is 72.0 Å². The van der Waals surface area contributed by atoms with E-state index in [0.29, 0.717) is 36.4 Å². The number of ether oxygens (including phenoxy) is 2. The zero-order chi connectivity index (χ0) is 22.7. The fourth-order valence-electron chi connectivity index (χ4n) is 3.63. The molecular weight excluding hydrogens is 514 g/mol. The van der Waals surface area contributed by atoms with Gasteiger partial charge >= 0.3 is 0 Å². The summed E-state index contributed by atoms with van der Waals surface area (Å²) in [5.41, 5.74) is 2.13. The van der Waals surface area contributed by atoms with Gasteiger partial charge in [-0.2, -0.15) is 4.31 Å². The van der Waals surface area contributed by atoms with Crippen LogP contribution >= 0.6 is 27.3 Å². The first-order valence-electron chi connectivity index (χ1n) is 10.1. The van der Waals surface area contributed by atoms with Crippen molar-refractivity contribution in [1.29, 1.82) is 0 Å². The largest absolute Gasteiger partial charge is 0.497 e. The highest BCUT2D eigenvalue weighted by Crippen LogP contribution is 2.31. The highest BCUT2D eigenvalue weighted by atomic mass is 79.9. The molecule has 4 rings (SSSR count). The van der Waals surface area contributed by atoms with E-state index in [1.54, 1.807) is 36.6 Å². The summed E-state index contributed by atoms with van der Waals surface area (Å²) in [6.07, 6.45) is 0.727. The highest BCUT2D eigenvalue weighted by Gasteiger charge is 2.31. The highest BCUT2D eigenvalue weighted by molar-refractivity contribution is 9.10. The number of hydrogen-bond acceptors (Lipinski definition) is 7. The van der Waals surface area contributed by atoms with Gasteiger partial charge in [0.2, 0.25) is 10.0 Å². The number of sulfonamides is 1. The molecule has 0 unspecified atom stereocenters. The predicted octanol–water partition coefficient (Wildman–Crippen LogP) is 4.02. The van der Waals surface area contributed by atoms with Crippen molar-refractivity contribution in [2.45, 2.75) is 11.3 Å². The number of methoxy groups -OCH3 is 2. The minimum Gasteiger partial charge on any atom is -0.497 e. The first-order valence-corrected chi connectivity index (χ1v) is 13.2. The zero-order valence-corrected chi connectivity index (χ0v) is 21.0. The van der Waals surface area contributed by atoms with Crippen molar-refractivity contribution in [3.05, 3.63) is 63.6 Å². The maximum Gasteiger partial charge on any atom is 0.246 e. The molecule has 10 heteroatoms. The van der Waals surface area contributed by atoms with E-state index in [-0.39, 0.29) is 4.90 Å². The minimum atomic E-state index is -3.65. The van der Waals surface area contributed by atoms with Crippen molar-refractivity contribution in [1.82, 2.24) is 9.29 Å². The van der Waals surface area contributed by atoms with Gasteiger partial charge in [0.05, 0.1) is 19.9 Å². The number of halogens is 1. The van der Waals surface area contributed by atoms with Gasteiger partial charge in [-0.25, -0.2) is 13.4 Å². The van der Waals surface area contributed by atoms with Crippen LogP contribution in [0.2, 0.25) is 0 Å². The number of aromatic nitrogens is 1. The molecule has 0 atom stereocenters. The third kappa shape index (κ3) is 4.93. The van der Waals surface area contributed by atoms with Gasteiger partial charge in [-0.3, -0.25) is 0 Å². The monoisotopic (exact) mass is 537 g/mol. The Kier molecular flexibility index (Phi) is 7.04.